The summed E-state index contributed by atoms with van der Waals surface area (Å²) in [6.07, 6.45) is 3.48. The van der Waals surface area contributed by atoms with E-state index in [9.17, 15) is 23.6 Å². The van der Waals surface area contributed by atoms with Gasteiger partial charge in [0.1, 0.15) is 17.4 Å². The predicted molar refractivity (Wildman–Crippen MR) is 116 cm³/mol. The van der Waals surface area contributed by atoms with E-state index in [-0.39, 0.29) is 24.6 Å². The number of hydrogen-bond donors (Lipinski definition) is 1. The molecule has 1 saturated heterocycles. The summed E-state index contributed by atoms with van der Waals surface area (Å²) in [4.78, 5) is 58.6. The molecule has 1 aromatic carbocycles. The van der Waals surface area contributed by atoms with E-state index in [1.165, 1.54) is 23.1 Å². The number of amidine groups is 1. The monoisotopic (exact) mass is 458 g/mol. The molecule has 0 saturated carbocycles. The van der Waals surface area contributed by atoms with Gasteiger partial charge in [-0.25, -0.2) is 9.38 Å². The molecule has 0 radical (unpaired) electrons. The third-order valence-electron chi connectivity index (χ3n) is 6.28. The van der Waals surface area contributed by atoms with Gasteiger partial charge in [-0.05, 0) is 38.2 Å². The highest BCUT2D eigenvalue weighted by Crippen LogP contribution is 2.24. The fraction of sp³-hybridized carbons (Fsp3) is 0.522. The van der Waals surface area contributed by atoms with Crippen LogP contribution in [0.1, 0.15) is 44.1 Å². The molecule has 4 rings (SSSR count). The van der Waals surface area contributed by atoms with Crippen LogP contribution in [0.2, 0.25) is 0 Å². The quantitative estimate of drug-likeness (QED) is 0.464. The second-order valence-electron chi connectivity index (χ2n) is 8.50. The van der Waals surface area contributed by atoms with Gasteiger partial charge < -0.3 is 15.0 Å². The maximum atomic E-state index is 13.7. The van der Waals surface area contributed by atoms with E-state index in [1.54, 1.807) is 11.9 Å². The van der Waals surface area contributed by atoms with Crippen LogP contribution in [0.15, 0.2) is 23.2 Å². The summed E-state index contributed by atoms with van der Waals surface area (Å²) in [5.41, 5.74) is 0.531. The Morgan fingerprint density at radius 2 is 1.94 bits per heavy atom. The van der Waals surface area contributed by atoms with Gasteiger partial charge in [0.15, 0.2) is 6.04 Å². The van der Waals surface area contributed by atoms with Crippen molar-refractivity contribution in [2.45, 2.75) is 57.2 Å². The average molecular weight is 458 g/mol. The third-order valence-corrected chi connectivity index (χ3v) is 6.28. The molecule has 0 aliphatic carbocycles. The molecule has 1 fully saturated rings. The molecule has 33 heavy (non-hydrogen) atoms. The van der Waals surface area contributed by atoms with E-state index < -0.39 is 35.5 Å². The van der Waals surface area contributed by atoms with Crippen LogP contribution in [0, 0.1) is 5.82 Å². The van der Waals surface area contributed by atoms with Crippen molar-refractivity contribution in [1.29, 1.82) is 0 Å². The Labute approximate surface area is 191 Å². The van der Waals surface area contributed by atoms with Gasteiger partial charge in [0.2, 0.25) is 5.91 Å². The molecule has 10 heteroatoms. The summed E-state index contributed by atoms with van der Waals surface area (Å²) in [6, 6.07) is 1.97. The number of amides is 3. The molecular weight excluding hydrogens is 431 g/mol. The number of ether oxygens (including phenoxy) is 1. The van der Waals surface area contributed by atoms with Crippen LogP contribution in [0.5, 0.6) is 5.75 Å². The van der Waals surface area contributed by atoms with E-state index in [2.05, 4.69) is 10.3 Å². The van der Waals surface area contributed by atoms with Gasteiger partial charge in [-0.3, -0.25) is 24.1 Å². The molecule has 3 aliphatic rings. The third kappa shape index (κ3) is 4.74. The highest BCUT2D eigenvalue weighted by molar-refractivity contribution is 6.46. The number of aliphatic imine (C=N–C) groups is 1. The number of nitrogens with zero attached hydrogens (tertiary/aromatic N) is 3. The minimum absolute atomic E-state index is 0.0111. The van der Waals surface area contributed by atoms with Crippen molar-refractivity contribution in [3.63, 3.8) is 0 Å². The van der Waals surface area contributed by atoms with Gasteiger partial charge in [-0.15, -0.1) is 0 Å². The summed E-state index contributed by atoms with van der Waals surface area (Å²) in [6.45, 7) is 0.607. The number of halogens is 1. The Bertz CT molecular complexity index is 1010. The summed E-state index contributed by atoms with van der Waals surface area (Å²) >= 11 is 0. The van der Waals surface area contributed by atoms with E-state index >= 15 is 0 Å². The maximum Gasteiger partial charge on any atom is 0.298 e. The lowest BCUT2D eigenvalue weighted by molar-refractivity contribution is -0.146. The Morgan fingerprint density at radius 3 is 2.76 bits per heavy atom. The summed E-state index contributed by atoms with van der Waals surface area (Å²) < 4.78 is 19.4. The Morgan fingerprint density at radius 1 is 1.12 bits per heavy atom. The number of rotatable bonds is 0. The van der Waals surface area contributed by atoms with Gasteiger partial charge >= 0.3 is 0 Å². The lowest BCUT2D eigenvalue weighted by Gasteiger charge is -2.35. The number of hydrogen-bond acceptors (Lipinski definition) is 6. The number of fused-ring (bicyclic) bond motifs is 2. The van der Waals surface area contributed by atoms with Gasteiger partial charge in [0.25, 0.3) is 17.6 Å². The molecule has 2 unspecified atom stereocenters. The molecule has 3 heterocycles. The lowest BCUT2D eigenvalue weighted by Crippen LogP contribution is -2.58. The van der Waals surface area contributed by atoms with E-state index in [0.717, 1.165) is 6.42 Å². The zero-order chi connectivity index (χ0) is 23.5. The van der Waals surface area contributed by atoms with Crippen LogP contribution in [-0.4, -0.2) is 71.4 Å². The summed E-state index contributed by atoms with van der Waals surface area (Å²) in [5.74, 6) is -2.43. The van der Waals surface area contributed by atoms with Gasteiger partial charge in [-0.2, -0.15) is 0 Å². The van der Waals surface area contributed by atoms with Gasteiger partial charge in [-0.1, -0.05) is 6.07 Å². The predicted octanol–water partition coefficient (Wildman–Crippen LogP) is 1.19. The van der Waals surface area contributed by atoms with Crippen LogP contribution < -0.4 is 10.1 Å². The van der Waals surface area contributed by atoms with Crippen LogP contribution >= 0.6 is 0 Å². The molecule has 176 valence electrons. The van der Waals surface area contributed by atoms with Crippen LogP contribution in [0.3, 0.4) is 0 Å². The molecule has 0 spiro atoms. The van der Waals surface area contributed by atoms with E-state index in [4.69, 9.17) is 4.74 Å². The van der Waals surface area contributed by atoms with Gasteiger partial charge in [0.05, 0.1) is 12.6 Å². The largest absolute Gasteiger partial charge is 0.493 e. The molecule has 3 aliphatic heterocycles. The maximum absolute atomic E-state index is 13.7. The number of ketones is 1. The average Bonchev–Trinajstić information content (AvgIpc) is 3.01. The first-order valence-electron chi connectivity index (χ1n) is 11.2. The highest BCUT2D eigenvalue weighted by atomic mass is 19.1. The van der Waals surface area contributed by atoms with Crippen molar-refractivity contribution in [2.75, 3.05) is 20.2 Å². The Kier molecular flexibility index (Phi) is 6.71. The van der Waals surface area contributed by atoms with Gasteiger partial charge in [0, 0.05) is 38.2 Å². The highest BCUT2D eigenvalue weighted by Gasteiger charge is 2.44. The minimum Gasteiger partial charge on any atom is -0.493 e. The number of nitrogens with one attached hydrogen (secondary N) is 1. The van der Waals surface area contributed by atoms with Crippen molar-refractivity contribution in [3.8, 4) is 5.75 Å². The van der Waals surface area contributed by atoms with Crippen molar-refractivity contribution in [3.05, 3.63) is 29.6 Å². The normalized spacial score (nSPS) is 25.0. The van der Waals surface area contributed by atoms with Crippen molar-refractivity contribution in [1.82, 2.24) is 15.1 Å². The fourth-order valence-electron chi connectivity index (χ4n) is 4.38. The lowest BCUT2D eigenvalue weighted by atomic mass is 10.0. The molecular formula is C23H27FN4O5. The zero-order valence-electron chi connectivity index (χ0n) is 18.5. The van der Waals surface area contributed by atoms with Crippen molar-refractivity contribution < 1.29 is 28.3 Å². The molecule has 3 amide bonds. The second-order valence-corrected chi connectivity index (χ2v) is 8.50. The van der Waals surface area contributed by atoms with Crippen molar-refractivity contribution in [2.24, 2.45) is 4.99 Å². The van der Waals surface area contributed by atoms with Crippen molar-refractivity contribution >= 4 is 29.3 Å². The number of Topliss-reactive ketones (excluding diaryl/α,β-unsaturated/α-hetero) is 1. The number of carbonyl (C=O) groups excluding carboxylic acids is 4. The summed E-state index contributed by atoms with van der Waals surface area (Å²) in [5, 5.41) is 2.63. The molecule has 1 N–H and O–H groups in total. The number of benzene rings is 1. The second kappa shape index (κ2) is 9.68. The standard InChI is InChI=1S/C23H27FN4O5/c1-27-16-6-2-4-10-28-21(16)26-19(20(30)23(28)32)22(31)25-13-14-8-9-15(24)12-17(14)33-11-5-3-7-18(27)29/h8-9,12,16,19H,2-7,10-11,13H2,1H3,(H,25,31). The molecule has 0 aromatic heterocycles. The van der Waals surface area contributed by atoms with Crippen LogP contribution in [0.4, 0.5) is 4.39 Å². The Hall–Kier alpha value is -3.30. The summed E-state index contributed by atoms with van der Waals surface area (Å²) in [7, 11) is 1.66. The van der Waals surface area contributed by atoms with Crippen LogP contribution in [-0.2, 0) is 25.7 Å². The SMILES string of the molecule is CN1C(=O)CCCCOc2cc(F)ccc2CNC(=O)C2N=C3C1CCCCN3C(=O)C2=O. The Balaban J connectivity index is 1.70. The minimum atomic E-state index is -1.52. The first-order chi connectivity index (χ1) is 15.9. The first kappa shape index (κ1) is 22.9. The fourth-order valence-corrected chi connectivity index (χ4v) is 4.38. The number of carbonyl (C=O) groups is 4. The topological polar surface area (TPSA) is 108 Å². The molecule has 9 nitrogen and oxygen atoms in total. The smallest absolute Gasteiger partial charge is 0.298 e. The number of likely N-dealkylation sites (N-methyl/N-ethyl adjacent to an activating group) is 1. The molecule has 1 aromatic rings. The zero-order valence-corrected chi connectivity index (χ0v) is 18.5. The van der Waals surface area contributed by atoms with Crippen LogP contribution in [0.25, 0.3) is 0 Å². The first-order valence-corrected chi connectivity index (χ1v) is 11.2. The van der Waals surface area contributed by atoms with E-state index in [1.807, 2.05) is 0 Å². The molecule has 2 bridgehead atoms. The molecule has 2 atom stereocenters. The van der Waals surface area contributed by atoms with E-state index in [0.29, 0.717) is 50.2 Å².